The van der Waals surface area contributed by atoms with Crippen LogP contribution in [0.5, 0.6) is 0 Å². The number of carbonyl (C=O) groups is 1. The molecule has 2 unspecified atom stereocenters. The largest absolute Gasteiger partial charge is 0.350 e. The Labute approximate surface area is 107 Å². The molecule has 0 heterocycles. The molecule has 0 aromatic heterocycles. The fourth-order valence-electron chi connectivity index (χ4n) is 2.36. The Kier molecular flexibility index (Phi) is 4.13. The van der Waals surface area contributed by atoms with E-state index in [0.29, 0.717) is 11.5 Å². The number of nitrogens with one attached hydrogen (secondary N) is 1. The Morgan fingerprint density at radius 1 is 1.39 bits per heavy atom. The molecule has 1 aromatic carbocycles. The van der Waals surface area contributed by atoms with Crippen molar-refractivity contribution in [3.8, 4) is 0 Å². The van der Waals surface area contributed by atoms with Crippen molar-refractivity contribution in [2.24, 2.45) is 5.92 Å². The Morgan fingerprint density at radius 2 is 2.17 bits per heavy atom. The van der Waals surface area contributed by atoms with E-state index >= 15 is 0 Å². The molecule has 0 bridgehead atoms. The zero-order chi connectivity index (χ0) is 13.0. The lowest BCUT2D eigenvalue weighted by Crippen LogP contribution is -2.31. The van der Waals surface area contributed by atoms with Gasteiger partial charge in [0.1, 0.15) is 5.82 Å². The second-order valence-electron chi connectivity index (χ2n) is 4.98. The van der Waals surface area contributed by atoms with E-state index in [0.717, 1.165) is 12.8 Å². The molecule has 0 spiro atoms. The quantitative estimate of drug-likeness (QED) is 0.817. The first-order valence-corrected chi connectivity index (χ1v) is 6.38. The molecule has 0 aliphatic heterocycles. The Hall–Kier alpha value is -1.64. The molecule has 2 atom stereocenters. The van der Waals surface area contributed by atoms with Gasteiger partial charge in [-0.05, 0) is 37.3 Å². The van der Waals surface area contributed by atoms with E-state index in [1.54, 1.807) is 18.2 Å². The average molecular weight is 247 g/mol. The summed E-state index contributed by atoms with van der Waals surface area (Å²) in [4.78, 5) is 11.7. The van der Waals surface area contributed by atoms with E-state index in [9.17, 15) is 9.18 Å². The van der Waals surface area contributed by atoms with Crippen LogP contribution in [-0.4, -0.2) is 11.9 Å². The standard InChI is InChI=1S/C15H18FNO/c1-11-6-8-13(10-11)17-15(18)9-7-12-4-2-3-5-14(12)16/h2-5,7,9,11,13H,6,8,10H2,1H3,(H,17,18)/b9-7+. The average Bonchev–Trinajstić information content (AvgIpc) is 2.74. The SMILES string of the molecule is CC1CCC(NC(=O)/C=C/c2ccccc2F)C1. The van der Waals surface area contributed by atoms with Crippen LogP contribution in [0.1, 0.15) is 31.7 Å². The van der Waals surface area contributed by atoms with Crippen molar-refractivity contribution >= 4 is 12.0 Å². The number of rotatable bonds is 3. The predicted octanol–water partition coefficient (Wildman–Crippen LogP) is 3.14. The monoisotopic (exact) mass is 247 g/mol. The van der Waals surface area contributed by atoms with Crippen molar-refractivity contribution in [2.75, 3.05) is 0 Å². The number of benzene rings is 1. The number of hydrogen-bond acceptors (Lipinski definition) is 1. The third-order valence-electron chi connectivity index (χ3n) is 3.36. The number of carbonyl (C=O) groups excluding carboxylic acids is 1. The molecule has 2 nitrogen and oxygen atoms in total. The maximum atomic E-state index is 13.3. The first-order valence-electron chi connectivity index (χ1n) is 6.38. The van der Waals surface area contributed by atoms with Crippen molar-refractivity contribution in [3.63, 3.8) is 0 Å². The topological polar surface area (TPSA) is 29.1 Å². The summed E-state index contributed by atoms with van der Waals surface area (Å²) >= 11 is 0. The fourth-order valence-corrected chi connectivity index (χ4v) is 2.36. The van der Waals surface area contributed by atoms with Gasteiger partial charge in [-0.15, -0.1) is 0 Å². The van der Waals surface area contributed by atoms with Gasteiger partial charge in [-0.3, -0.25) is 4.79 Å². The van der Waals surface area contributed by atoms with Crippen LogP contribution in [0, 0.1) is 11.7 Å². The van der Waals surface area contributed by atoms with Gasteiger partial charge in [0.2, 0.25) is 5.91 Å². The van der Waals surface area contributed by atoms with E-state index in [-0.39, 0.29) is 17.8 Å². The highest BCUT2D eigenvalue weighted by atomic mass is 19.1. The molecule has 2 rings (SSSR count). The van der Waals surface area contributed by atoms with Crippen LogP contribution >= 0.6 is 0 Å². The molecule has 0 radical (unpaired) electrons. The van der Waals surface area contributed by atoms with Crippen molar-refractivity contribution in [1.82, 2.24) is 5.32 Å². The van der Waals surface area contributed by atoms with Crippen LogP contribution < -0.4 is 5.32 Å². The maximum Gasteiger partial charge on any atom is 0.244 e. The minimum atomic E-state index is -0.309. The number of halogens is 1. The molecule has 18 heavy (non-hydrogen) atoms. The molecule has 1 aliphatic carbocycles. The molecule has 1 aliphatic rings. The summed E-state index contributed by atoms with van der Waals surface area (Å²) < 4.78 is 13.3. The lowest BCUT2D eigenvalue weighted by Gasteiger charge is -2.10. The van der Waals surface area contributed by atoms with Gasteiger partial charge < -0.3 is 5.32 Å². The van der Waals surface area contributed by atoms with Crippen molar-refractivity contribution in [1.29, 1.82) is 0 Å². The van der Waals surface area contributed by atoms with Crippen LogP contribution in [0.25, 0.3) is 6.08 Å². The summed E-state index contributed by atoms with van der Waals surface area (Å²) in [5, 5.41) is 2.95. The lowest BCUT2D eigenvalue weighted by atomic mass is 10.1. The van der Waals surface area contributed by atoms with Gasteiger partial charge in [0.25, 0.3) is 0 Å². The number of hydrogen-bond donors (Lipinski definition) is 1. The zero-order valence-electron chi connectivity index (χ0n) is 10.5. The molecule has 1 fully saturated rings. The van der Waals surface area contributed by atoms with Gasteiger partial charge in [0.05, 0.1) is 0 Å². The summed E-state index contributed by atoms with van der Waals surface area (Å²) in [6.45, 7) is 2.20. The van der Waals surface area contributed by atoms with Gasteiger partial charge in [0.15, 0.2) is 0 Å². The molecule has 1 aromatic rings. The maximum absolute atomic E-state index is 13.3. The minimum Gasteiger partial charge on any atom is -0.350 e. The highest BCUT2D eigenvalue weighted by Crippen LogP contribution is 2.24. The second kappa shape index (κ2) is 5.80. The summed E-state index contributed by atoms with van der Waals surface area (Å²) in [6.07, 6.45) is 6.17. The first kappa shape index (κ1) is 12.8. The van der Waals surface area contributed by atoms with E-state index in [2.05, 4.69) is 12.2 Å². The van der Waals surface area contributed by atoms with Gasteiger partial charge >= 0.3 is 0 Å². The summed E-state index contributed by atoms with van der Waals surface area (Å²) in [6, 6.07) is 6.69. The molecular weight excluding hydrogens is 229 g/mol. The van der Waals surface area contributed by atoms with Crippen molar-refractivity contribution < 1.29 is 9.18 Å². The van der Waals surface area contributed by atoms with E-state index in [1.165, 1.54) is 24.6 Å². The molecule has 1 amide bonds. The molecule has 1 saturated carbocycles. The molecule has 0 saturated heterocycles. The first-order chi connectivity index (χ1) is 8.65. The zero-order valence-corrected chi connectivity index (χ0v) is 10.5. The van der Waals surface area contributed by atoms with Crippen molar-refractivity contribution in [2.45, 2.75) is 32.2 Å². The summed E-state index contributed by atoms with van der Waals surface area (Å²) in [7, 11) is 0. The Balaban J connectivity index is 1.89. The predicted molar refractivity (Wildman–Crippen MR) is 70.4 cm³/mol. The van der Waals surface area contributed by atoms with E-state index < -0.39 is 0 Å². The summed E-state index contributed by atoms with van der Waals surface area (Å²) in [5.74, 6) is 0.235. The van der Waals surface area contributed by atoms with E-state index in [4.69, 9.17) is 0 Å². The summed E-state index contributed by atoms with van der Waals surface area (Å²) in [5.41, 5.74) is 0.437. The molecular formula is C15H18FNO. The highest BCUT2D eigenvalue weighted by Gasteiger charge is 2.21. The van der Waals surface area contributed by atoms with Crippen molar-refractivity contribution in [3.05, 3.63) is 41.7 Å². The normalized spacial score (nSPS) is 23.4. The highest BCUT2D eigenvalue weighted by molar-refractivity contribution is 5.91. The second-order valence-corrected chi connectivity index (χ2v) is 4.98. The Bertz CT molecular complexity index is 456. The third kappa shape index (κ3) is 3.42. The van der Waals surface area contributed by atoms with Gasteiger partial charge in [-0.1, -0.05) is 25.1 Å². The fraction of sp³-hybridized carbons (Fsp3) is 0.400. The van der Waals surface area contributed by atoms with Gasteiger partial charge in [-0.25, -0.2) is 4.39 Å². The van der Waals surface area contributed by atoms with Crippen LogP contribution in [0.4, 0.5) is 4.39 Å². The van der Waals surface area contributed by atoms with Crippen LogP contribution in [0.3, 0.4) is 0 Å². The smallest absolute Gasteiger partial charge is 0.244 e. The van der Waals surface area contributed by atoms with Crippen LogP contribution in [0.2, 0.25) is 0 Å². The molecule has 3 heteroatoms. The molecule has 1 N–H and O–H groups in total. The van der Waals surface area contributed by atoms with Gasteiger partial charge in [-0.2, -0.15) is 0 Å². The number of amides is 1. The van der Waals surface area contributed by atoms with Crippen LogP contribution in [0.15, 0.2) is 30.3 Å². The lowest BCUT2D eigenvalue weighted by molar-refractivity contribution is -0.117. The third-order valence-corrected chi connectivity index (χ3v) is 3.36. The minimum absolute atomic E-state index is 0.141. The van der Waals surface area contributed by atoms with E-state index in [1.807, 2.05) is 0 Å². The molecule has 96 valence electrons. The van der Waals surface area contributed by atoms with Crippen LogP contribution in [-0.2, 0) is 4.79 Å². The Morgan fingerprint density at radius 3 is 2.83 bits per heavy atom. The van der Waals surface area contributed by atoms with Gasteiger partial charge in [0, 0.05) is 17.7 Å².